The zero-order chi connectivity index (χ0) is 24.1. The largest absolute Gasteiger partial charge is 0.466 e. The molecule has 0 unspecified atom stereocenters. The van der Waals surface area contributed by atoms with Crippen LogP contribution in [0.3, 0.4) is 0 Å². The average molecular weight is 523 g/mol. The molecule has 0 atom stereocenters. The van der Waals surface area contributed by atoms with E-state index in [9.17, 15) is 4.79 Å². The highest BCUT2D eigenvalue weighted by Gasteiger charge is 2.22. The van der Waals surface area contributed by atoms with E-state index < -0.39 is 0 Å². The molecule has 1 aliphatic rings. The number of pyridine rings is 1. The Labute approximate surface area is 207 Å². The average Bonchev–Trinajstić information content (AvgIpc) is 2.91. The summed E-state index contributed by atoms with van der Waals surface area (Å²) in [5.41, 5.74) is 8.04. The molecule has 5 heteroatoms. The fourth-order valence-corrected chi connectivity index (χ4v) is 4.42. The van der Waals surface area contributed by atoms with Gasteiger partial charge >= 0.3 is 5.97 Å². The molecule has 0 amide bonds. The minimum atomic E-state index is -0.211. The molecule has 0 radical (unpaired) electrons. The number of benzene rings is 1. The van der Waals surface area contributed by atoms with Gasteiger partial charge < -0.3 is 4.74 Å². The zero-order valence-corrected chi connectivity index (χ0v) is 22.7. The molecule has 0 saturated carbocycles. The van der Waals surface area contributed by atoms with Crippen LogP contribution >= 0.6 is 27.5 Å². The summed E-state index contributed by atoms with van der Waals surface area (Å²) in [5.74, 6) is -0.211. The minimum Gasteiger partial charge on any atom is -0.466 e. The van der Waals surface area contributed by atoms with E-state index in [0.29, 0.717) is 6.61 Å². The van der Waals surface area contributed by atoms with Crippen LogP contribution in [0.15, 0.2) is 40.5 Å². The van der Waals surface area contributed by atoms with Crippen LogP contribution in [-0.4, -0.2) is 17.6 Å². The summed E-state index contributed by atoms with van der Waals surface area (Å²) in [6.07, 6.45) is 8.52. The lowest BCUT2D eigenvalue weighted by Gasteiger charge is -2.17. The number of hydrogen-bond donors (Lipinski definition) is 0. The van der Waals surface area contributed by atoms with Crippen LogP contribution in [0.5, 0.6) is 0 Å². The maximum Gasteiger partial charge on any atom is 0.302 e. The van der Waals surface area contributed by atoms with Gasteiger partial charge in [-0.15, -0.1) is 0 Å². The van der Waals surface area contributed by atoms with Gasteiger partial charge in [-0.3, -0.25) is 9.78 Å². The number of allylic oxidation sites excluding steroid dienone is 1. The zero-order valence-electron chi connectivity index (χ0n) is 20.4. The Morgan fingerprint density at radius 2 is 1.69 bits per heavy atom. The number of hydrogen-bond acceptors (Lipinski definition) is 3. The third-order valence-corrected chi connectivity index (χ3v) is 5.64. The Kier molecular flexibility index (Phi) is 13.5. The molecule has 2 aromatic rings. The highest BCUT2D eigenvalue weighted by Crippen LogP contribution is 2.38. The summed E-state index contributed by atoms with van der Waals surface area (Å²) in [7, 11) is 0. The number of aryl methyl sites for hydroxylation is 2. The van der Waals surface area contributed by atoms with Crippen LogP contribution in [0, 0.1) is 0 Å². The van der Waals surface area contributed by atoms with Crippen molar-refractivity contribution in [3.05, 3.63) is 67.9 Å². The molecule has 1 aliphatic carbocycles. The van der Waals surface area contributed by atoms with E-state index in [1.165, 1.54) is 34.8 Å². The second kappa shape index (κ2) is 15.2. The number of ether oxygens (including phenoxy) is 1. The molecule has 1 aromatic carbocycles. The molecule has 3 rings (SSSR count). The third kappa shape index (κ3) is 8.37. The molecular formula is C27H37BrClNO2. The number of halogens is 2. The van der Waals surface area contributed by atoms with Gasteiger partial charge in [-0.2, -0.15) is 0 Å². The quantitative estimate of drug-likeness (QED) is 0.369. The van der Waals surface area contributed by atoms with Crippen molar-refractivity contribution in [1.82, 2.24) is 4.98 Å². The fraction of sp³-hybridized carbons (Fsp3) is 0.481. The van der Waals surface area contributed by atoms with E-state index in [-0.39, 0.29) is 5.97 Å². The van der Waals surface area contributed by atoms with Crippen LogP contribution in [0.1, 0.15) is 89.6 Å². The number of esters is 1. The van der Waals surface area contributed by atoms with Gasteiger partial charge in [0.05, 0.1) is 12.3 Å². The van der Waals surface area contributed by atoms with E-state index in [2.05, 4.69) is 52.7 Å². The molecule has 1 heterocycles. The van der Waals surface area contributed by atoms with Crippen LogP contribution in [0.4, 0.5) is 0 Å². The van der Waals surface area contributed by atoms with Crippen molar-refractivity contribution in [2.75, 3.05) is 6.61 Å². The summed E-state index contributed by atoms with van der Waals surface area (Å²) >= 11 is 9.86. The van der Waals surface area contributed by atoms with E-state index in [0.717, 1.165) is 53.7 Å². The number of rotatable bonds is 5. The predicted molar refractivity (Wildman–Crippen MR) is 140 cm³/mol. The molecule has 3 nitrogen and oxygen atoms in total. The fourth-order valence-electron chi connectivity index (χ4n) is 3.85. The van der Waals surface area contributed by atoms with Gasteiger partial charge in [0.15, 0.2) is 0 Å². The number of carbonyl (C=O) groups is 1. The van der Waals surface area contributed by atoms with Crippen LogP contribution < -0.4 is 0 Å². The highest BCUT2D eigenvalue weighted by molar-refractivity contribution is 9.10. The third-order valence-electron chi connectivity index (χ3n) is 4.98. The number of nitrogens with zero attached hydrogens (tertiary/aromatic N) is 1. The van der Waals surface area contributed by atoms with E-state index in [1.807, 2.05) is 26.1 Å². The van der Waals surface area contributed by atoms with Crippen molar-refractivity contribution >= 4 is 39.1 Å². The number of carbonyl (C=O) groups excluding carboxylic acids is 1. The standard InChI is InChI=1S/C21H23BrClN.C4H8O2.C2H6/c1-3-5-14(6-4-2)20-19-10-9-18(23)12-15(19)7-8-16-11-17(22)13-24-21(16)20;1-3-6-4(2)5;1-2/h9-13H,3-8H2,1-2H3;3H2,1-2H3;1-2H3. The second-order valence-electron chi connectivity index (χ2n) is 7.37. The number of aromatic nitrogens is 1. The lowest BCUT2D eigenvalue weighted by Crippen LogP contribution is -2.01. The lowest BCUT2D eigenvalue weighted by molar-refractivity contribution is -0.140. The van der Waals surface area contributed by atoms with Gasteiger partial charge in [0.1, 0.15) is 0 Å². The monoisotopic (exact) mass is 521 g/mol. The van der Waals surface area contributed by atoms with Crippen molar-refractivity contribution < 1.29 is 9.53 Å². The SMILES string of the molecule is CC.CCCC(CCC)=C1c2ccc(Cl)cc2CCc2cc(Br)cnc21.CCOC(C)=O. The Hall–Kier alpha value is -1.65. The van der Waals surface area contributed by atoms with Gasteiger partial charge in [0.2, 0.25) is 0 Å². The lowest BCUT2D eigenvalue weighted by atomic mass is 9.89. The van der Waals surface area contributed by atoms with Gasteiger partial charge in [0.25, 0.3) is 0 Å². The first kappa shape index (κ1) is 28.4. The van der Waals surface area contributed by atoms with Crippen molar-refractivity contribution in [3.8, 4) is 0 Å². The van der Waals surface area contributed by atoms with Crippen LogP contribution in [0.25, 0.3) is 5.57 Å². The van der Waals surface area contributed by atoms with Gasteiger partial charge in [0, 0.05) is 28.2 Å². The van der Waals surface area contributed by atoms with Crippen molar-refractivity contribution in [3.63, 3.8) is 0 Å². The Balaban J connectivity index is 0.000000556. The molecule has 0 saturated heterocycles. The molecule has 32 heavy (non-hydrogen) atoms. The maximum absolute atomic E-state index is 9.82. The summed E-state index contributed by atoms with van der Waals surface area (Å²) in [5, 5.41) is 0.820. The topological polar surface area (TPSA) is 39.2 Å². The smallest absolute Gasteiger partial charge is 0.302 e. The van der Waals surface area contributed by atoms with E-state index in [1.54, 1.807) is 6.92 Å². The predicted octanol–water partition coefficient (Wildman–Crippen LogP) is 8.59. The normalized spacial score (nSPS) is 11.6. The van der Waals surface area contributed by atoms with Gasteiger partial charge in [-0.1, -0.05) is 63.8 Å². The molecule has 0 spiro atoms. The summed E-state index contributed by atoms with van der Waals surface area (Å²) < 4.78 is 5.46. The Bertz CT molecular complexity index is 845. The maximum atomic E-state index is 9.82. The first-order valence-corrected chi connectivity index (χ1v) is 12.9. The van der Waals surface area contributed by atoms with Crippen molar-refractivity contribution in [1.29, 1.82) is 0 Å². The molecule has 0 fully saturated rings. The first-order valence-electron chi connectivity index (χ1n) is 11.7. The van der Waals surface area contributed by atoms with Crippen LogP contribution in [0.2, 0.25) is 5.02 Å². The van der Waals surface area contributed by atoms with E-state index in [4.69, 9.17) is 16.6 Å². The Morgan fingerprint density at radius 1 is 1.06 bits per heavy atom. The van der Waals surface area contributed by atoms with Crippen molar-refractivity contribution in [2.45, 2.75) is 80.1 Å². The molecule has 0 bridgehead atoms. The first-order chi connectivity index (χ1) is 15.4. The number of fused-ring (bicyclic) bond motifs is 2. The van der Waals surface area contributed by atoms with Gasteiger partial charge in [-0.25, -0.2) is 0 Å². The summed E-state index contributed by atoms with van der Waals surface area (Å²) in [6.45, 7) is 12.2. The summed E-state index contributed by atoms with van der Waals surface area (Å²) in [4.78, 5) is 14.7. The Morgan fingerprint density at radius 3 is 2.22 bits per heavy atom. The minimum absolute atomic E-state index is 0.211. The molecule has 1 aromatic heterocycles. The van der Waals surface area contributed by atoms with Crippen LogP contribution in [-0.2, 0) is 22.4 Å². The molecular weight excluding hydrogens is 486 g/mol. The highest BCUT2D eigenvalue weighted by atomic mass is 79.9. The molecule has 0 aliphatic heterocycles. The summed E-state index contributed by atoms with van der Waals surface area (Å²) in [6, 6.07) is 8.57. The second-order valence-corrected chi connectivity index (χ2v) is 8.72. The van der Waals surface area contributed by atoms with E-state index >= 15 is 0 Å². The molecule has 0 N–H and O–H groups in total. The van der Waals surface area contributed by atoms with Gasteiger partial charge in [-0.05, 0) is 83.4 Å². The molecule has 176 valence electrons. The van der Waals surface area contributed by atoms with Crippen molar-refractivity contribution in [2.24, 2.45) is 0 Å².